The molecule has 124 valence electrons. The Bertz CT molecular complexity index is 885. The fourth-order valence-corrected chi connectivity index (χ4v) is 4.93. The van der Waals surface area contributed by atoms with Crippen LogP contribution < -0.4 is 4.90 Å². The number of rotatable bonds is 1. The number of oxazole rings is 1. The minimum Gasteiger partial charge on any atom is -0.441 e. The SMILES string of the molecule is Cc1nc2c(N3C(=O)C4C(C3=O)C3(C)CCC4(C)O3)cccc2o1. The summed E-state index contributed by atoms with van der Waals surface area (Å²) in [6, 6.07) is 5.33. The predicted octanol–water partition coefficient (Wildman–Crippen LogP) is 2.58. The topological polar surface area (TPSA) is 72.6 Å². The molecule has 4 atom stereocenters. The van der Waals surface area contributed by atoms with Crippen molar-refractivity contribution in [3.05, 3.63) is 24.1 Å². The summed E-state index contributed by atoms with van der Waals surface area (Å²) in [7, 11) is 0. The molecule has 3 saturated heterocycles. The maximum atomic E-state index is 13.2. The first-order valence-electron chi connectivity index (χ1n) is 8.28. The maximum absolute atomic E-state index is 13.2. The van der Waals surface area contributed by atoms with E-state index in [1.165, 1.54) is 4.90 Å². The molecule has 2 aromatic rings. The number of benzene rings is 1. The lowest BCUT2D eigenvalue weighted by Crippen LogP contribution is -2.40. The number of imide groups is 1. The lowest BCUT2D eigenvalue weighted by molar-refractivity contribution is -0.129. The fourth-order valence-electron chi connectivity index (χ4n) is 4.93. The number of amides is 2. The van der Waals surface area contributed by atoms with Crippen molar-refractivity contribution in [3.8, 4) is 0 Å². The average molecular weight is 326 g/mol. The van der Waals surface area contributed by atoms with Crippen LogP contribution in [-0.4, -0.2) is 28.0 Å². The number of aromatic nitrogens is 1. The zero-order valence-corrected chi connectivity index (χ0v) is 13.8. The third-order valence-corrected chi connectivity index (χ3v) is 5.95. The van der Waals surface area contributed by atoms with E-state index in [9.17, 15) is 9.59 Å². The number of nitrogens with zero attached hydrogens (tertiary/aromatic N) is 2. The number of carbonyl (C=O) groups is 2. The molecule has 6 nitrogen and oxygen atoms in total. The Labute approximate surface area is 138 Å². The lowest BCUT2D eigenvalue weighted by Gasteiger charge is -2.27. The Morgan fingerprint density at radius 2 is 1.75 bits per heavy atom. The number of anilines is 1. The Morgan fingerprint density at radius 1 is 1.12 bits per heavy atom. The highest BCUT2D eigenvalue weighted by molar-refractivity contribution is 6.25. The number of fused-ring (bicyclic) bond motifs is 6. The maximum Gasteiger partial charge on any atom is 0.240 e. The van der Waals surface area contributed by atoms with E-state index in [2.05, 4.69) is 4.98 Å². The quantitative estimate of drug-likeness (QED) is 0.753. The van der Waals surface area contributed by atoms with Gasteiger partial charge in [0.2, 0.25) is 11.8 Å². The molecule has 0 aliphatic carbocycles. The first kappa shape index (κ1) is 14.2. The van der Waals surface area contributed by atoms with Crippen LogP contribution in [-0.2, 0) is 14.3 Å². The summed E-state index contributed by atoms with van der Waals surface area (Å²) >= 11 is 0. The van der Waals surface area contributed by atoms with Gasteiger partial charge in [-0.25, -0.2) is 9.88 Å². The standard InChI is InChI=1S/C18H18N2O4/c1-9-19-14-10(5-4-6-11(14)23-9)20-15(21)12-13(16(20)22)18(3)8-7-17(12,2)24-18/h4-6,12-13H,7-8H2,1-3H3. The van der Waals surface area contributed by atoms with Crippen molar-refractivity contribution in [1.82, 2.24) is 4.98 Å². The molecule has 6 heteroatoms. The number of para-hydroxylation sites is 1. The van der Waals surface area contributed by atoms with Crippen molar-refractivity contribution < 1.29 is 18.7 Å². The molecule has 3 fully saturated rings. The van der Waals surface area contributed by atoms with Crippen molar-refractivity contribution in [2.75, 3.05) is 4.90 Å². The van der Waals surface area contributed by atoms with E-state index in [4.69, 9.17) is 9.15 Å². The Balaban J connectivity index is 1.68. The van der Waals surface area contributed by atoms with E-state index in [0.29, 0.717) is 22.7 Å². The second kappa shape index (κ2) is 4.06. The molecule has 0 N–H and O–H groups in total. The minimum absolute atomic E-state index is 0.177. The van der Waals surface area contributed by atoms with Crippen molar-refractivity contribution >= 4 is 28.6 Å². The molecule has 2 amide bonds. The van der Waals surface area contributed by atoms with Crippen LogP contribution >= 0.6 is 0 Å². The first-order chi connectivity index (χ1) is 11.3. The molecular weight excluding hydrogens is 308 g/mol. The molecule has 3 aliphatic heterocycles. The first-order valence-corrected chi connectivity index (χ1v) is 8.28. The van der Waals surface area contributed by atoms with Crippen molar-refractivity contribution in [1.29, 1.82) is 0 Å². The van der Waals surface area contributed by atoms with E-state index in [-0.39, 0.29) is 11.8 Å². The number of hydrogen-bond acceptors (Lipinski definition) is 5. The van der Waals surface area contributed by atoms with Crippen LogP contribution in [0, 0.1) is 18.8 Å². The van der Waals surface area contributed by atoms with Gasteiger partial charge in [0.15, 0.2) is 11.5 Å². The predicted molar refractivity (Wildman–Crippen MR) is 85.3 cm³/mol. The molecule has 1 aromatic heterocycles. The van der Waals surface area contributed by atoms with E-state index in [1.54, 1.807) is 25.1 Å². The molecule has 3 aliphatic rings. The van der Waals surface area contributed by atoms with Crippen LogP contribution in [0.2, 0.25) is 0 Å². The van der Waals surface area contributed by atoms with Gasteiger partial charge >= 0.3 is 0 Å². The Morgan fingerprint density at radius 3 is 2.38 bits per heavy atom. The molecule has 0 spiro atoms. The van der Waals surface area contributed by atoms with Gasteiger partial charge in [-0.2, -0.15) is 0 Å². The normalized spacial score (nSPS) is 37.7. The van der Waals surface area contributed by atoms with Crippen LogP contribution in [0.15, 0.2) is 22.6 Å². The smallest absolute Gasteiger partial charge is 0.240 e. The zero-order valence-electron chi connectivity index (χ0n) is 13.8. The largest absolute Gasteiger partial charge is 0.441 e. The van der Waals surface area contributed by atoms with Gasteiger partial charge < -0.3 is 9.15 Å². The number of hydrogen-bond donors (Lipinski definition) is 0. The summed E-state index contributed by atoms with van der Waals surface area (Å²) in [6.45, 7) is 5.67. The molecular formula is C18H18N2O4. The molecule has 24 heavy (non-hydrogen) atoms. The summed E-state index contributed by atoms with van der Waals surface area (Å²) in [5, 5.41) is 0. The number of ether oxygens (including phenoxy) is 1. The van der Waals surface area contributed by atoms with Gasteiger partial charge in [0.05, 0.1) is 28.7 Å². The van der Waals surface area contributed by atoms with Gasteiger partial charge in [-0.1, -0.05) is 6.07 Å². The van der Waals surface area contributed by atoms with E-state index < -0.39 is 23.0 Å². The van der Waals surface area contributed by atoms with Crippen LogP contribution in [0.5, 0.6) is 0 Å². The molecule has 4 heterocycles. The summed E-state index contributed by atoms with van der Waals surface area (Å²) in [6.07, 6.45) is 1.62. The third kappa shape index (κ3) is 1.48. The number of aryl methyl sites for hydroxylation is 1. The zero-order chi connectivity index (χ0) is 16.9. The summed E-state index contributed by atoms with van der Waals surface area (Å²) in [5.41, 5.74) is 0.559. The molecule has 0 saturated carbocycles. The highest BCUT2D eigenvalue weighted by atomic mass is 16.5. The van der Waals surface area contributed by atoms with Gasteiger partial charge in [0.1, 0.15) is 5.52 Å². The molecule has 2 bridgehead atoms. The summed E-state index contributed by atoms with van der Waals surface area (Å²) < 4.78 is 11.7. The molecule has 4 unspecified atom stereocenters. The molecule has 0 radical (unpaired) electrons. The molecule has 1 aromatic carbocycles. The summed E-state index contributed by atoms with van der Waals surface area (Å²) in [4.78, 5) is 32.0. The van der Waals surface area contributed by atoms with Gasteiger partial charge in [-0.3, -0.25) is 9.59 Å². The van der Waals surface area contributed by atoms with Crippen molar-refractivity contribution in [2.24, 2.45) is 11.8 Å². The van der Waals surface area contributed by atoms with Crippen molar-refractivity contribution in [2.45, 2.75) is 44.8 Å². The van der Waals surface area contributed by atoms with Crippen LogP contribution in [0.4, 0.5) is 5.69 Å². The molecule has 5 rings (SSSR count). The summed E-state index contributed by atoms with van der Waals surface area (Å²) in [5.74, 6) is -0.661. The fraction of sp³-hybridized carbons (Fsp3) is 0.500. The lowest BCUT2D eigenvalue weighted by atomic mass is 9.69. The second-order valence-corrected chi connectivity index (χ2v) is 7.55. The average Bonchev–Trinajstić information content (AvgIpc) is 3.17. The Hall–Kier alpha value is -2.21. The minimum atomic E-state index is -0.547. The van der Waals surface area contributed by atoms with Crippen molar-refractivity contribution in [3.63, 3.8) is 0 Å². The Kier molecular flexibility index (Phi) is 2.39. The number of carbonyl (C=O) groups excluding carboxylic acids is 2. The van der Waals surface area contributed by atoms with Crippen LogP contribution in [0.3, 0.4) is 0 Å². The third-order valence-electron chi connectivity index (χ3n) is 5.95. The highest BCUT2D eigenvalue weighted by Crippen LogP contribution is 2.61. The van der Waals surface area contributed by atoms with E-state index in [0.717, 1.165) is 12.8 Å². The van der Waals surface area contributed by atoms with Gasteiger partial charge in [0.25, 0.3) is 0 Å². The van der Waals surface area contributed by atoms with E-state index >= 15 is 0 Å². The van der Waals surface area contributed by atoms with Gasteiger partial charge in [-0.15, -0.1) is 0 Å². The van der Waals surface area contributed by atoms with Gasteiger partial charge in [0, 0.05) is 6.92 Å². The second-order valence-electron chi connectivity index (χ2n) is 7.55. The van der Waals surface area contributed by atoms with Gasteiger partial charge in [-0.05, 0) is 38.8 Å². The van der Waals surface area contributed by atoms with Crippen LogP contribution in [0.25, 0.3) is 11.1 Å². The van der Waals surface area contributed by atoms with E-state index in [1.807, 2.05) is 13.8 Å². The van der Waals surface area contributed by atoms with Crippen LogP contribution in [0.1, 0.15) is 32.6 Å². The monoisotopic (exact) mass is 326 g/mol. The highest BCUT2D eigenvalue weighted by Gasteiger charge is 2.72.